The van der Waals surface area contributed by atoms with Gasteiger partial charge >= 0.3 is 6.16 Å². The fraction of sp³-hybridized carbons (Fsp3) is 0.379. The predicted octanol–water partition coefficient (Wildman–Crippen LogP) is 4.96. The van der Waals surface area contributed by atoms with Gasteiger partial charge in [0.1, 0.15) is 11.4 Å². The van der Waals surface area contributed by atoms with Crippen molar-refractivity contribution in [2.45, 2.75) is 38.1 Å². The first-order chi connectivity index (χ1) is 17.7. The van der Waals surface area contributed by atoms with Crippen molar-refractivity contribution in [1.82, 2.24) is 9.47 Å². The molecule has 0 bridgehead atoms. The Bertz CT molecular complexity index is 1640. The fourth-order valence-corrected chi connectivity index (χ4v) is 5.72. The molecular formula is C29H31N3O5. The molecule has 0 spiro atoms. The lowest BCUT2D eigenvalue weighted by atomic mass is 9.86. The summed E-state index contributed by atoms with van der Waals surface area (Å²) in [7, 11) is 6.02. The quantitative estimate of drug-likeness (QED) is 0.235. The molecule has 8 heteroatoms. The highest BCUT2D eigenvalue weighted by molar-refractivity contribution is 6.06. The van der Waals surface area contributed by atoms with Crippen LogP contribution in [0.15, 0.2) is 47.3 Å². The zero-order valence-corrected chi connectivity index (χ0v) is 21.8. The topological polar surface area (TPSA) is 82.0 Å². The summed E-state index contributed by atoms with van der Waals surface area (Å²) in [6.45, 7) is 5.38. The van der Waals surface area contributed by atoms with Crippen LogP contribution in [0.25, 0.3) is 32.6 Å². The van der Waals surface area contributed by atoms with Gasteiger partial charge in [0.2, 0.25) is 0 Å². The van der Waals surface area contributed by atoms with Crippen molar-refractivity contribution in [3.05, 3.63) is 58.3 Å². The number of rotatable bonds is 5. The highest BCUT2D eigenvalue weighted by Crippen LogP contribution is 2.50. The molecule has 0 amide bonds. The molecule has 2 aliphatic rings. The lowest BCUT2D eigenvalue weighted by molar-refractivity contribution is -0.0497. The second kappa shape index (κ2) is 8.38. The van der Waals surface area contributed by atoms with Gasteiger partial charge in [-0.15, -0.1) is 0 Å². The Kier molecular flexibility index (Phi) is 5.35. The number of aromatic nitrogens is 1. The van der Waals surface area contributed by atoms with Gasteiger partial charge in [0.25, 0.3) is 0 Å². The maximum atomic E-state index is 14.2. The summed E-state index contributed by atoms with van der Waals surface area (Å²) in [6.07, 6.45) is -1.13. The summed E-state index contributed by atoms with van der Waals surface area (Å²) in [6, 6.07) is 13.9. The van der Waals surface area contributed by atoms with E-state index in [9.17, 15) is 9.59 Å². The van der Waals surface area contributed by atoms with Crippen LogP contribution in [0.1, 0.15) is 31.9 Å². The Morgan fingerprint density at radius 1 is 1.05 bits per heavy atom. The van der Waals surface area contributed by atoms with E-state index < -0.39 is 24.0 Å². The van der Waals surface area contributed by atoms with Crippen molar-refractivity contribution in [1.29, 1.82) is 0 Å². The minimum atomic E-state index is -0.800. The molecule has 8 nitrogen and oxygen atoms in total. The van der Waals surface area contributed by atoms with Crippen LogP contribution >= 0.6 is 0 Å². The van der Waals surface area contributed by atoms with Crippen LogP contribution in [0, 0.1) is 0 Å². The summed E-state index contributed by atoms with van der Waals surface area (Å²) >= 11 is 0. The minimum absolute atomic E-state index is 0.0709. The Morgan fingerprint density at radius 2 is 1.78 bits per heavy atom. The minimum Gasteiger partial charge on any atom is -0.483 e. The molecule has 192 valence electrons. The highest BCUT2D eigenvalue weighted by atomic mass is 16.8. The van der Waals surface area contributed by atoms with Gasteiger partial charge in [-0.3, -0.25) is 4.79 Å². The number of hydrogen-bond acceptors (Lipinski definition) is 7. The SMILES string of the molecule is CN(C)CCCNc1cc2c(c3c1c(=O)c1cc4ccccc4cc1n3C)[C@@H]1OC(=O)O[C@@H]1C(C)(C)O2. The van der Waals surface area contributed by atoms with E-state index in [0.717, 1.165) is 29.3 Å². The van der Waals surface area contributed by atoms with Crippen molar-refractivity contribution in [3.63, 3.8) is 0 Å². The molecule has 0 radical (unpaired) electrons. The normalized spacial score (nSPS) is 20.0. The van der Waals surface area contributed by atoms with Gasteiger partial charge in [0, 0.05) is 25.0 Å². The monoisotopic (exact) mass is 501 g/mol. The van der Waals surface area contributed by atoms with E-state index in [1.807, 2.05) is 82.0 Å². The molecule has 0 saturated carbocycles. The fourth-order valence-electron chi connectivity index (χ4n) is 5.72. The number of anilines is 1. The third-order valence-electron chi connectivity index (χ3n) is 7.50. The van der Waals surface area contributed by atoms with E-state index in [4.69, 9.17) is 14.2 Å². The molecule has 6 rings (SSSR count). The van der Waals surface area contributed by atoms with Crippen LogP contribution in [0.5, 0.6) is 5.75 Å². The number of aryl methyl sites for hydroxylation is 1. The largest absolute Gasteiger partial charge is 0.509 e. The summed E-state index contributed by atoms with van der Waals surface area (Å²) in [5.41, 5.74) is 1.99. The number of ether oxygens (including phenoxy) is 3. The number of nitrogens with zero attached hydrogens (tertiary/aromatic N) is 2. The van der Waals surface area contributed by atoms with E-state index in [-0.39, 0.29) is 5.43 Å². The first kappa shape index (κ1) is 23.6. The second-order valence-electron chi connectivity index (χ2n) is 10.8. The third kappa shape index (κ3) is 3.70. The predicted molar refractivity (Wildman–Crippen MR) is 145 cm³/mol. The van der Waals surface area contributed by atoms with Gasteiger partial charge in [0.15, 0.2) is 17.6 Å². The van der Waals surface area contributed by atoms with Crippen LogP contribution in [-0.2, 0) is 16.5 Å². The smallest absolute Gasteiger partial charge is 0.483 e. The first-order valence-electron chi connectivity index (χ1n) is 12.6. The van der Waals surface area contributed by atoms with Crippen LogP contribution in [0.4, 0.5) is 10.5 Å². The van der Waals surface area contributed by atoms with Crippen molar-refractivity contribution < 1.29 is 19.0 Å². The van der Waals surface area contributed by atoms with Crippen LogP contribution in [-0.4, -0.2) is 54.5 Å². The number of fused-ring (bicyclic) bond motifs is 7. The molecule has 1 fully saturated rings. The van der Waals surface area contributed by atoms with Gasteiger partial charge in [-0.2, -0.15) is 0 Å². The molecule has 3 heterocycles. The van der Waals surface area contributed by atoms with Crippen LogP contribution in [0.2, 0.25) is 0 Å². The van der Waals surface area contributed by atoms with Crippen molar-refractivity contribution in [2.75, 3.05) is 32.5 Å². The van der Waals surface area contributed by atoms with Crippen molar-refractivity contribution >= 4 is 44.4 Å². The van der Waals surface area contributed by atoms with Gasteiger partial charge in [-0.1, -0.05) is 24.3 Å². The maximum absolute atomic E-state index is 14.2. The molecule has 3 aromatic carbocycles. The molecular weight excluding hydrogens is 470 g/mol. The molecule has 1 saturated heterocycles. The van der Waals surface area contributed by atoms with E-state index in [2.05, 4.69) is 10.2 Å². The number of hydrogen-bond donors (Lipinski definition) is 1. The number of carbonyl (C=O) groups is 1. The average Bonchev–Trinajstić information content (AvgIpc) is 3.26. The second-order valence-corrected chi connectivity index (χ2v) is 10.8. The average molecular weight is 502 g/mol. The molecule has 37 heavy (non-hydrogen) atoms. The molecule has 2 atom stereocenters. The highest BCUT2D eigenvalue weighted by Gasteiger charge is 2.54. The summed E-state index contributed by atoms with van der Waals surface area (Å²) in [5.74, 6) is 0.585. The van der Waals surface area contributed by atoms with Crippen LogP contribution < -0.4 is 15.5 Å². The van der Waals surface area contributed by atoms with E-state index in [1.165, 1.54) is 0 Å². The van der Waals surface area contributed by atoms with Gasteiger partial charge in [-0.05, 0) is 63.8 Å². The molecule has 0 aliphatic carbocycles. The number of pyridine rings is 1. The van der Waals surface area contributed by atoms with Crippen molar-refractivity contribution in [3.8, 4) is 5.75 Å². The zero-order chi connectivity index (χ0) is 26.1. The summed E-state index contributed by atoms with van der Waals surface area (Å²) in [5, 5.41) is 6.74. The molecule has 1 aromatic heterocycles. The van der Waals surface area contributed by atoms with Gasteiger partial charge in [-0.25, -0.2) is 4.79 Å². The molecule has 2 aliphatic heterocycles. The zero-order valence-electron chi connectivity index (χ0n) is 21.8. The first-order valence-corrected chi connectivity index (χ1v) is 12.6. The summed E-state index contributed by atoms with van der Waals surface area (Å²) in [4.78, 5) is 28.6. The lowest BCUT2D eigenvalue weighted by Gasteiger charge is -2.39. The number of nitrogens with one attached hydrogen (secondary N) is 1. The summed E-state index contributed by atoms with van der Waals surface area (Å²) < 4.78 is 19.7. The van der Waals surface area contributed by atoms with Gasteiger partial charge < -0.3 is 29.0 Å². The van der Waals surface area contributed by atoms with Gasteiger partial charge in [0.05, 0.1) is 27.7 Å². The van der Waals surface area contributed by atoms with E-state index in [1.54, 1.807) is 0 Å². The maximum Gasteiger partial charge on any atom is 0.509 e. The Morgan fingerprint density at radius 3 is 2.51 bits per heavy atom. The number of benzene rings is 3. The Balaban J connectivity index is 1.67. The van der Waals surface area contributed by atoms with E-state index >= 15 is 0 Å². The lowest BCUT2D eigenvalue weighted by Crippen LogP contribution is -2.48. The Labute approximate surface area is 214 Å². The molecule has 1 N–H and O–H groups in total. The van der Waals surface area contributed by atoms with Crippen molar-refractivity contribution in [2.24, 2.45) is 7.05 Å². The third-order valence-corrected chi connectivity index (χ3v) is 7.50. The molecule has 4 aromatic rings. The standard InChI is InChI=1S/C29H31N3O5/c1-29(2)27-26(35-28(34)36-27)23-21(37-29)15-19(30-11-8-12-31(3)4)22-24(23)32(5)20-14-17-10-7-6-9-16(17)13-18(20)25(22)33/h6-7,9-10,13-15,26-27,30H,8,11-12H2,1-5H3/t26-,27-/m0/s1. The van der Waals surface area contributed by atoms with Crippen LogP contribution in [0.3, 0.4) is 0 Å². The number of carbonyl (C=O) groups excluding carboxylic acids is 1. The van der Waals surface area contributed by atoms with E-state index in [0.29, 0.717) is 39.8 Å². The Hall–Kier alpha value is -3.78. The molecule has 0 unspecified atom stereocenters.